The molecule has 1 aromatic carbocycles. The van der Waals surface area contributed by atoms with Crippen molar-refractivity contribution in [3.8, 4) is 0 Å². The molecular formula is C28H39FN6OS. The summed E-state index contributed by atoms with van der Waals surface area (Å²) in [6.07, 6.45) is 7.82. The zero-order chi connectivity index (χ0) is 25.7. The van der Waals surface area contributed by atoms with Crippen molar-refractivity contribution in [1.82, 2.24) is 15.3 Å². The van der Waals surface area contributed by atoms with Crippen LogP contribution in [0.2, 0.25) is 0 Å². The van der Waals surface area contributed by atoms with Crippen molar-refractivity contribution in [2.75, 3.05) is 61.1 Å². The maximum atomic E-state index is 13.6. The number of aromatic nitrogens is 2. The van der Waals surface area contributed by atoms with Crippen molar-refractivity contribution in [3.05, 3.63) is 41.7 Å². The van der Waals surface area contributed by atoms with Gasteiger partial charge in [-0.05, 0) is 80.8 Å². The molecule has 4 heterocycles. The molecule has 5 rings (SSSR count). The minimum absolute atomic E-state index is 0.163. The number of ether oxygens (including phenoxy) is 1. The van der Waals surface area contributed by atoms with Crippen LogP contribution in [-0.4, -0.2) is 61.0 Å². The normalized spacial score (nSPS) is 21.9. The van der Waals surface area contributed by atoms with Gasteiger partial charge in [0.15, 0.2) is 5.11 Å². The summed E-state index contributed by atoms with van der Waals surface area (Å²) >= 11 is 5.72. The fraction of sp³-hybridized carbons (Fsp3) is 0.607. The lowest BCUT2D eigenvalue weighted by Crippen LogP contribution is -2.45. The summed E-state index contributed by atoms with van der Waals surface area (Å²) in [5, 5.41) is 7.21. The average molecular weight is 527 g/mol. The first-order chi connectivity index (χ1) is 18.0. The number of rotatable bonds is 6. The number of benzene rings is 1. The first-order valence-electron chi connectivity index (χ1n) is 13.8. The van der Waals surface area contributed by atoms with Crippen molar-refractivity contribution in [1.29, 1.82) is 0 Å². The Morgan fingerprint density at radius 2 is 1.70 bits per heavy atom. The number of piperidine rings is 2. The van der Waals surface area contributed by atoms with Gasteiger partial charge in [0.25, 0.3) is 0 Å². The highest BCUT2D eigenvalue weighted by molar-refractivity contribution is 7.80. The fourth-order valence-corrected chi connectivity index (χ4v) is 6.01. The number of hydrogen-bond donors (Lipinski definition) is 2. The van der Waals surface area contributed by atoms with Gasteiger partial charge in [-0.25, -0.2) is 4.39 Å². The molecule has 1 atom stereocenters. The molecule has 0 aliphatic carbocycles. The van der Waals surface area contributed by atoms with E-state index in [4.69, 9.17) is 26.9 Å². The topological polar surface area (TPSA) is 65.5 Å². The molecule has 3 aliphatic heterocycles. The van der Waals surface area contributed by atoms with E-state index >= 15 is 0 Å². The lowest BCUT2D eigenvalue weighted by Gasteiger charge is -2.38. The first kappa shape index (κ1) is 26.1. The van der Waals surface area contributed by atoms with E-state index in [2.05, 4.69) is 33.4 Å². The van der Waals surface area contributed by atoms with Gasteiger partial charge >= 0.3 is 0 Å². The molecule has 0 amide bonds. The van der Waals surface area contributed by atoms with Gasteiger partial charge in [-0.1, -0.05) is 19.1 Å². The second kappa shape index (κ2) is 11.9. The van der Waals surface area contributed by atoms with Crippen molar-refractivity contribution in [2.24, 2.45) is 5.92 Å². The summed E-state index contributed by atoms with van der Waals surface area (Å²) in [5.41, 5.74) is 0.945. The number of halogens is 1. The van der Waals surface area contributed by atoms with E-state index in [1.54, 1.807) is 0 Å². The fourth-order valence-electron chi connectivity index (χ4n) is 5.85. The molecule has 1 aromatic heterocycles. The highest BCUT2D eigenvalue weighted by atomic mass is 32.1. The summed E-state index contributed by atoms with van der Waals surface area (Å²) in [5.74, 6) is 2.92. The lowest BCUT2D eigenvalue weighted by molar-refractivity contribution is 0.0515. The number of nitrogens with zero attached hydrogens (tertiary/aromatic N) is 4. The minimum Gasteiger partial charge on any atom is -0.381 e. The molecule has 3 aliphatic rings. The van der Waals surface area contributed by atoms with E-state index in [0.717, 1.165) is 56.2 Å². The van der Waals surface area contributed by atoms with Crippen LogP contribution < -0.4 is 20.4 Å². The predicted molar refractivity (Wildman–Crippen MR) is 151 cm³/mol. The van der Waals surface area contributed by atoms with Crippen LogP contribution in [0.5, 0.6) is 0 Å². The van der Waals surface area contributed by atoms with Crippen molar-refractivity contribution in [3.63, 3.8) is 0 Å². The molecule has 3 saturated heterocycles. The Morgan fingerprint density at radius 1 is 1.03 bits per heavy atom. The largest absolute Gasteiger partial charge is 0.381 e. The van der Waals surface area contributed by atoms with Crippen LogP contribution in [0.1, 0.15) is 57.4 Å². The van der Waals surface area contributed by atoms with Crippen LogP contribution in [0.3, 0.4) is 0 Å². The van der Waals surface area contributed by atoms with Gasteiger partial charge in [0.05, 0.1) is 0 Å². The van der Waals surface area contributed by atoms with Gasteiger partial charge in [-0.3, -0.25) is 0 Å². The van der Waals surface area contributed by atoms with Gasteiger partial charge in [0.1, 0.15) is 17.5 Å². The third-order valence-corrected chi connectivity index (χ3v) is 8.33. The summed E-state index contributed by atoms with van der Waals surface area (Å²) in [6, 6.07) is 8.99. The molecule has 0 radical (unpaired) electrons. The molecule has 0 unspecified atom stereocenters. The smallest absolute Gasteiger partial charge is 0.232 e. The van der Waals surface area contributed by atoms with Gasteiger partial charge in [-0.15, -0.1) is 0 Å². The molecular weight excluding hydrogens is 487 g/mol. The Bertz CT molecular complexity index is 1060. The summed E-state index contributed by atoms with van der Waals surface area (Å²) in [4.78, 5) is 14.5. The summed E-state index contributed by atoms with van der Waals surface area (Å²) in [6.45, 7) is 8.39. The van der Waals surface area contributed by atoms with Crippen LogP contribution in [0, 0.1) is 11.7 Å². The van der Waals surface area contributed by atoms with Crippen LogP contribution in [-0.2, 0) is 10.2 Å². The van der Waals surface area contributed by atoms with E-state index in [1.165, 1.54) is 44.2 Å². The third-order valence-electron chi connectivity index (χ3n) is 8.08. The van der Waals surface area contributed by atoms with E-state index in [0.29, 0.717) is 36.7 Å². The maximum Gasteiger partial charge on any atom is 0.232 e. The average Bonchev–Trinajstić information content (AvgIpc) is 2.93. The zero-order valence-electron chi connectivity index (χ0n) is 21.8. The van der Waals surface area contributed by atoms with E-state index < -0.39 is 0 Å². The SMILES string of the molecule is C[C@@H]1CCCN(c2cc(N3CCCCC3)nc(NC(=S)NCC3(c4ccc(F)cc4)CCOCC3)n2)C1. The Hall–Kier alpha value is -2.52. The molecule has 3 fully saturated rings. The molecule has 0 bridgehead atoms. The molecule has 9 heteroatoms. The maximum absolute atomic E-state index is 13.6. The molecule has 2 N–H and O–H groups in total. The van der Waals surface area contributed by atoms with Crippen LogP contribution >= 0.6 is 12.2 Å². The van der Waals surface area contributed by atoms with Crippen molar-refractivity contribution < 1.29 is 9.13 Å². The number of thiocarbonyl (C=S) groups is 1. The Labute approximate surface area is 225 Å². The second-order valence-corrected chi connectivity index (χ2v) is 11.3. The molecule has 37 heavy (non-hydrogen) atoms. The van der Waals surface area contributed by atoms with E-state index in [9.17, 15) is 4.39 Å². The Morgan fingerprint density at radius 3 is 2.41 bits per heavy atom. The van der Waals surface area contributed by atoms with Crippen molar-refractivity contribution >= 4 is 34.9 Å². The van der Waals surface area contributed by atoms with Crippen molar-refractivity contribution in [2.45, 2.75) is 57.3 Å². The van der Waals surface area contributed by atoms with Crippen LogP contribution in [0.15, 0.2) is 30.3 Å². The highest BCUT2D eigenvalue weighted by Crippen LogP contribution is 2.34. The number of anilines is 3. The molecule has 0 saturated carbocycles. The number of nitrogens with one attached hydrogen (secondary N) is 2. The Kier molecular flexibility index (Phi) is 8.39. The minimum atomic E-state index is -0.222. The summed E-state index contributed by atoms with van der Waals surface area (Å²) in [7, 11) is 0. The quantitative estimate of drug-likeness (QED) is 0.517. The zero-order valence-corrected chi connectivity index (χ0v) is 22.7. The van der Waals surface area contributed by atoms with Gasteiger partial charge in [0.2, 0.25) is 5.95 Å². The second-order valence-electron chi connectivity index (χ2n) is 10.9. The molecule has 0 spiro atoms. The van der Waals surface area contributed by atoms with Crippen LogP contribution in [0.25, 0.3) is 0 Å². The van der Waals surface area contributed by atoms with Gasteiger partial charge < -0.3 is 25.2 Å². The van der Waals surface area contributed by atoms with E-state index in [-0.39, 0.29) is 11.2 Å². The van der Waals surface area contributed by atoms with Crippen LogP contribution in [0.4, 0.5) is 22.0 Å². The predicted octanol–water partition coefficient (Wildman–Crippen LogP) is 4.88. The van der Waals surface area contributed by atoms with Gasteiger partial charge in [0, 0.05) is 57.4 Å². The molecule has 200 valence electrons. The lowest BCUT2D eigenvalue weighted by atomic mass is 9.74. The molecule has 7 nitrogen and oxygen atoms in total. The van der Waals surface area contributed by atoms with E-state index in [1.807, 2.05) is 12.1 Å². The monoisotopic (exact) mass is 526 g/mol. The first-order valence-corrected chi connectivity index (χ1v) is 14.2. The third kappa shape index (κ3) is 6.49. The summed E-state index contributed by atoms with van der Waals surface area (Å²) < 4.78 is 19.2. The standard InChI is InChI=1S/C28H39FN6OS/c1-21-6-5-15-35(19-21)25-18-24(34-13-3-2-4-14-34)31-26(32-25)33-27(37)30-20-28(11-16-36-17-12-28)22-7-9-23(29)10-8-22/h7-10,18,21H,2-6,11-17,19-20H2,1H3,(H2,30,31,32,33,37)/t21-/m1/s1. The molecule has 2 aromatic rings. The number of hydrogen-bond acceptors (Lipinski definition) is 6. The van der Waals surface area contributed by atoms with Gasteiger partial charge in [-0.2, -0.15) is 9.97 Å². The Balaban J connectivity index is 1.32. The highest BCUT2D eigenvalue weighted by Gasteiger charge is 2.34.